The van der Waals surface area contributed by atoms with Crippen LogP contribution in [0.3, 0.4) is 0 Å². The highest BCUT2D eigenvalue weighted by atomic mass is 35.5. The molecule has 118 valence electrons. The SMILES string of the molecule is CCOC(=O)/C(=C/Nc1ccccn1)C(=O)c1cccnc1Cl. The van der Waals surface area contributed by atoms with Crippen molar-refractivity contribution in [2.45, 2.75) is 6.92 Å². The van der Waals surface area contributed by atoms with Gasteiger partial charge >= 0.3 is 5.97 Å². The second kappa shape index (κ2) is 8.05. The maximum atomic E-state index is 12.5. The minimum atomic E-state index is -0.749. The average Bonchev–Trinajstić information content (AvgIpc) is 2.56. The van der Waals surface area contributed by atoms with Crippen molar-refractivity contribution in [1.29, 1.82) is 0 Å². The smallest absolute Gasteiger partial charge is 0.343 e. The Labute approximate surface area is 138 Å². The minimum absolute atomic E-state index is 0.0190. The van der Waals surface area contributed by atoms with Crippen LogP contribution in [0.5, 0.6) is 0 Å². The molecule has 2 aromatic rings. The molecular formula is C16H14ClN3O3. The predicted octanol–water partition coefficient (Wildman–Crippen LogP) is 2.87. The number of ether oxygens (including phenoxy) is 1. The normalized spacial score (nSPS) is 11.0. The summed E-state index contributed by atoms with van der Waals surface area (Å²) < 4.78 is 4.92. The lowest BCUT2D eigenvalue weighted by atomic mass is 10.1. The number of rotatable bonds is 6. The Kier molecular flexibility index (Phi) is 5.82. The number of aromatic nitrogens is 2. The summed E-state index contributed by atoms with van der Waals surface area (Å²) in [7, 11) is 0. The fourth-order valence-electron chi connectivity index (χ4n) is 1.72. The van der Waals surface area contributed by atoms with Gasteiger partial charge in [0.25, 0.3) is 0 Å². The molecule has 0 spiro atoms. The number of halogens is 1. The molecule has 0 fully saturated rings. The second-order valence-corrected chi connectivity index (χ2v) is 4.67. The van der Waals surface area contributed by atoms with Gasteiger partial charge in [-0.15, -0.1) is 0 Å². The maximum Gasteiger partial charge on any atom is 0.343 e. The highest BCUT2D eigenvalue weighted by molar-refractivity contribution is 6.36. The largest absolute Gasteiger partial charge is 0.462 e. The van der Waals surface area contributed by atoms with E-state index in [0.717, 1.165) is 0 Å². The topological polar surface area (TPSA) is 81.2 Å². The molecular weight excluding hydrogens is 318 g/mol. The molecule has 0 aliphatic rings. The molecule has 0 aliphatic heterocycles. The van der Waals surface area contributed by atoms with Crippen molar-refractivity contribution in [2.75, 3.05) is 11.9 Å². The van der Waals surface area contributed by atoms with E-state index in [2.05, 4.69) is 15.3 Å². The summed E-state index contributed by atoms with van der Waals surface area (Å²) in [5.41, 5.74) is -0.0660. The minimum Gasteiger partial charge on any atom is -0.462 e. The van der Waals surface area contributed by atoms with Crippen molar-refractivity contribution >= 4 is 29.2 Å². The fraction of sp³-hybridized carbons (Fsp3) is 0.125. The van der Waals surface area contributed by atoms with Gasteiger partial charge in [0, 0.05) is 18.6 Å². The van der Waals surface area contributed by atoms with Crippen LogP contribution in [0.4, 0.5) is 5.82 Å². The molecule has 6 nitrogen and oxygen atoms in total. The van der Waals surface area contributed by atoms with Crippen molar-refractivity contribution < 1.29 is 14.3 Å². The van der Waals surface area contributed by atoms with Gasteiger partial charge in [-0.25, -0.2) is 14.8 Å². The van der Waals surface area contributed by atoms with Crippen molar-refractivity contribution in [1.82, 2.24) is 9.97 Å². The van der Waals surface area contributed by atoms with E-state index >= 15 is 0 Å². The van der Waals surface area contributed by atoms with E-state index < -0.39 is 11.8 Å². The van der Waals surface area contributed by atoms with Crippen LogP contribution in [-0.4, -0.2) is 28.3 Å². The fourth-order valence-corrected chi connectivity index (χ4v) is 1.93. The van der Waals surface area contributed by atoms with E-state index in [1.54, 1.807) is 37.4 Å². The van der Waals surface area contributed by atoms with Crippen molar-refractivity contribution in [3.8, 4) is 0 Å². The zero-order chi connectivity index (χ0) is 16.7. The van der Waals surface area contributed by atoms with Gasteiger partial charge < -0.3 is 10.1 Å². The number of hydrogen-bond donors (Lipinski definition) is 1. The molecule has 0 saturated heterocycles. The number of ketones is 1. The molecule has 0 amide bonds. The number of anilines is 1. The highest BCUT2D eigenvalue weighted by Crippen LogP contribution is 2.17. The number of nitrogens with zero attached hydrogens (tertiary/aromatic N) is 2. The number of Topliss-reactive ketones (excluding diaryl/α,β-unsaturated/α-hetero) is 1. The van der Waals surface area contributed by atoms with Crippen LogP contribution in [0, 0.1) is 0 Å². The van der Waals surface area contributed by atoms with Gasteiger partial charge in [0.05, 0.1) is 12.2 Å². The second-order valence-electron chi connectivity index (χ2n) is 4.31. The average molecular weight is 332 g/mol. The molecule has 23 heavy (non-hydrogen) atoms. The zero-order valence-corrected chi connectivity index (χ0v) is 13.1. The molecule has 0 aliphatic carbocycles. The van der Waals surface area contributed by atoms with Gasteiger partial charge in [0.1, 0.15) is 16.5 Å². The van der Waals surface area contributed by atoms with E-state index in [-0.39, 0.29) is 22.9 Å². The quantitative estimate of drug-likeness (QED) is 0.219. The van der Waals surface area contributed by atoms with Gasteiger partial charge in [0.2, 0.25) is 5.78 Å². The summed E-state index contributed by atoms with van der Waals surface area (Å²) in [5.74, 6) is -0.842. The Balaban J connectivity index is 2.32. The van der Waals surface area contributed by atoms with Crippen LogP contribution >= 0.6 is 11.6 Å². The van der Waals surface area contributed by atoms with Crippen molar-refractivity contribution in [2.24, 2.45) is 0 Å². The molecule has 0 atom stereocenters. The van der Waals surface area contributed by atoms with Crippen LogP contribution in [0.25, 0.3) is 0 Å². The molecule has 0 unspecified atom stereocenters. The Morgan fingerprint density at radius 3 is 2.65 bits per heavy atom. The first-order chi connectivity index (χ1) is 11.1. The van der Waals surface area contributed by atoms with E-state index in [0.29, 0.717) is 5.82 Å². The van der Waals surface area contributed by atoms with Gasteiger partial charge in [-0.3, -0.25) is 4.79 Å². The van der Waals surface area contributed by atoms with Crippen LogP contribution in [-0.2, 0) is 9.53 Å². The highest BCUT2D eigenvalue weighted by Gasteiger charge is 2.23. The lowest BCUT2D eigenvalue weighted by Gasteiger charge is -2.08. The number of hydrogen-bond acceptors (Lipinski definition) is 6. The third kappa shape index (κ3) is 4.37. The first-order valence-electron chi connectivity index (χ1n) is 6.83. The van der Waals surface area contributed by atoms with Crippen molar-refractivity contribution in [3.63, 3.8) is 0 Å². The lowest BCUT2D eigenvalue weighted by molar-refractivity contribution is -0.138. The Hall–Kier alpha value is -2.73. The lowest BCUT2D eigenvalue weighted by Crippen LogP contribution is -2.18. The summed E-state index contributed by atoms with van der Waals surface area (Å²) in [5, 5.41) is 2.81. The first-order valence-corrected chi connectivity index (χ1v) is 7.21. The summed E-state index contributed by atoms with van der Waals surface area (Å²) in [4.78, 5) is 32.5. The van der Waals surface area contributed by atoms with Gasteiger partial charge in [0.15, 0.2) is 0 Å². The van der Waals surface area contributed by atoms with E-state index in [9.17, 15) is 9.59 Å². The summed E-state index contributed by atoms with van der Waals surface area (Å²) >= 11 is 5.92. The van der Waals surface area contributed by atoms with Gasteiger partial charge in [-0.1, -0.05) is 17.7 Å². The van der Waals surface area contributed by atoms with Crippen molar-refractivity contribution in [3.05, 3.63) is 65.2 Å². The standard InChI is InChI=1S/C16H14ClN3O3/c1-2-23-16(22)12(10-20-13-7-3-4-8-18-13)14(21)11-6-5-9-19-15(11)17/h3-10H,2H2,1H3,(H,18,20)/b12-10+. The van der Waals surface area contributed by atoms with E-state index in [1.165, 1.54) is 18.5 Å². The molecule has 0 bridgehead atoms. The Morgan fingerprint density at radius 1 is 1.22 bits per heavy atom. The van der Waals surface area contributed by atoms with E-state index in [1.807, 2.05) is 0 Å². The maximum absolute atomic E-state index is 12.5. The molecule has 0 radical (unpaired) electrons. The molecule has 0 saturated carbocycles. The first kappa shape index (κ1) is 16.6. The zero-order valence-electron chi connectivity index (χ0n) is 12.3. The summed E-state index contributed by atoms with van der Waals surface area (Å²) in [6.07, 6.45) is 4.30. The monoisotopic (exact) mass is 331 g/mol. The Bertz CT molecular complexity index is 732. The molecule has 7 heteroatoms. The van der Waals surface area contributed by atoms with Gasteiger partial charge in [-0.05, 0) is 31.2 Å². The predicted molar refractivity (Wildman–Crippen MR) is 86.2 cm³/mol. The molecule has 0 aromatic carbocycles. The molecule has 2 heterocycles. The summed E-state index contributed by atoms with van der Waals surface area (Å²) in [6, 6.07) is 8.27. The van der Waals surface area contributed by atoms with Crippen LogP contribution in [0.1, 0.15) is 17.3 Å². The summed E-state index contributed by atoms with van der Waals surface area (Å²) in [6.45, 7) is 1.80. The van der Waals surface area contributed by atoms with Crippen LogP contribution < -0.4 is 5.32 Å². The number of carbonyl (C=O) groups is 2. The van der Waals surface area contributed by atoms with Crippen LogP contribution in [0.15, 0.2) is 54.5 Å². The number of carbonyl (C=O) groups excluding carboxylic acids is 2. The third-order valence-corrected chi connectivity index (χ3v) is 3.07. The molecule has 1 N–H and O–H groups in total. The Morgan fingerprint density at radius 2 is 2.00 bits per heavy atom. The third-order valence-electron chi connectivity index (χ3n) is 2.77. The molecule has 2 aromatic heterocycles. The number of esters is 1. The van der Waals surface area contributed by atoms with Gasteiger partial charge in [-0.2, -0.15) is 0 Å². The van der Waals surface area contributed by atoms with E-state index in [4.69, 9.17) is 16.3 Å². The number of pyridine rings is 2. The van der Waals surface area contributed by atoms with Crippen LogP contribution in [0.2, 0.25) is 5.15 Å². The molecule has 2 rings (SSSR count). The number of nitrogens with one attached hydrogen (secondary N) is 1.